The molecule has 82 valence electrons. The zero-order valence-electron chi connectivity index (χ0n) is 8.60. The lowest BCUT2D eigenvalue weighted by atomic mass is 10.3. The van der Waals surface area contributed by atoms with Crippen molar-refractivity contribution in [1.82, 2.24) is 15.1 Å². The second-order valence-corrected chi connectivity index (χ2v) is 3.24. The summed E-state index contributed by atoms with van der Waals surface area (Å²) in [7, 11) is 1.47. The summed E-state index contributed by atoms with van der Waals surface area (Å²) in [6.45, 7) is 1.53. The molecule has 1 amide bonds. The molecule has 0 aliphatic rings. The van der Waals surface area contributed by atoms with Crippen LogP contribution in [0.25, 0.3) is 0 Å². The Labute approximate surface area is 86.5 Å². The Morgan fingerprint density at radius 3 is 2.87 bits per heavy atom. The first-order valence-corrected chi connectivity index (χ1v) is 4.50. The van der Waals surface area contributed by atoms with Crippen molar-refractivity contribution >= 4 is 5.91 Å². The smallest absolute Gasteiger partial charge is 0.272 e. The molecule has 0 saturated heterocycles. The van der Waals surface area contributed by atoms with Gasteiger partial charge in [0.15, 0.2) is 0 Å². The number of carbonyl (C=O) groups is 1. The summed E-state index contributed by atoms with van der Waals surface area (Å²) in [6, 6.07) is 2.28. The standard InChI is InChI=1S/C9H13N3O3/c1-6(5-13)10-9(15)7-3-4-8(14)12(2)11-7/h3-4,6,13H,5H2,1-2H3,(H,10,15). The van der Waals surface area contributed by atoms with E-state index >= 15 is 0 Å². The molecule has 15 heavy (non-hydrogen) atoms. The predicted octanol–water partition coefficient (Wildman–Crippen LogP) is -1.11. The van der Waals surface area contributed by atoms with Crippen molar-refractivity contribution in [1.29, 1.82) is 0 Å². The maximum Gasteiger partial charge on any atom is 0.272 e. The van der Waals surface area contributed by atoms with Crippen LogP contribution in [0.4, 0.5) is 0 Å². The number of aliphatic hydroxyl groups is 1. The highest BCUT2D eigenvalue weighted by Crippen LogP contribution is 1.91. The van der Waals surface area contributed by atoms with Gasteiger partial charge in [-0.25, -0.2) is 4.68 Å². The molecule has 0 spiro atoms. The Hall–Kier alpha value is -1.69. The van der Waals surface area contributed by atoms with Gasteiger partial charge in [0.25, 0.3) is 11.5 Å². The van der Waals surface area contributed by atoms with Crippen molar-refractivity contribution in [3.8, 4) is 0 Å². The highest BCUT2D eigenvalue weighted by Gasteiger charge is 2.10. The zero-order chi connectivity index (χ0) is 11.4. The second-order valence-electron chi connectivity index (χ2n) is 3.24. The molecule has 1 rings (SSSR count). The lowest BCUT2D eigenvalue weighted by Gasteiger charge is -2.10. The SMILES string of the molecule is CC(CO)NC(=O)c1ccc(=O)n(C)n1. The number of carbonyl (C=O) groups excluding carboxylic acids is 1. The molecule has 1 unspecified atom stereocenters. The van der Waals surface area contributed by atoms with Crippen molar-refractivity contribution < 1.29 is 9.90 Å². The first-order chi connectivity index (χ1) is 7.04. The molecule has 0 radical (unpaired) electrons. The normalized spacial score (nSPS) is 12.2. The summed E-state index contributed by atoms with van der Waals surface area (Å²) in [6.07, 6.45) is 0. The third kappa shape index (κ3) is 2.88. The molecule has 6 heteroatoms. The van der Waals surface area contributed by atoms with Crippen molar-refractivity contribution in [3.63, 3.8) is 0 Å². The quantitative estimate of drug-likeness (QED) is 0.664. The molecule has 1 aromatic heterocycles. The fourth-order valence-corrected chi connectivity index (χ4v) is 0.967. The molecule has 0 bridgehead atoms. The maximum absolute atomic E-state index is 11.5. The van der Waals surface area contributed by atoms with Crippen LogP contribution in [-0.2, 0) is 7.05 Å². The minimum Gasteiger partial charge on any atom is -0.394 e. The van der Waals surface area contributed by atoms with Crippen LogP contribution in [0.2, 0.25) is 0 Å². The molecule has 0 saturated carbocycles. The molecule has 0 fully saturated rings. The van der Waals surface area contributed by atoms with Gasteiger partial charge in [-0.1, -0.05) is 0 Å². The lowest BCUT2D eigenvalue weighted by molar-refractivity contribution is 0.0915. The van der Waals surface area contributed by atoms with Gasteiger partial charge in [-0.05, 0) is 13.0 Å². The molecule has 1 atom stereocenters. The number of hydrogen-bond acceptors (Lipinski definition) is 4. The van der Waals surface area contributed by atoms with E-state index < -0.39 is 5.91 Å². The van der Waals surface area contributed by atoms with E-state index in [1.54, 1.807) is 6.92 Å². The largest absolute Gasteiger partial charge is 0.394 e. The molecule has 0 aliphatic heterocycles. The van der Waals surface area contributed by atoms with Gasteiger partial charge in [0, 0.05) is 19.2 Å². The van der Waals surface area contributed by atoms with E-state index in [0.717, 1.165) is 4.68 Å². The van der Waals surface area contributed by atoms with E-state index in [1.807, 2.05) is 0 Å². The Balaban J connectivity index is 2.83. The number of nitrogens with one attached hydrogen (secondary N) is 1. The molecular formula is C9H13N3O3. The summed E-state index contributed by atoms with van der Waals surface area (Å²) < 4.78 is 1.08. The average Bonchev–Trinajstić information content (AvgIpc) is 2.21. The minimum atomic E-state index is -0.410. The number of aryl methyl sites for hydroxylation is 1. The van der Waals surface area contributed by atoms with Gasteiger partial charge in [0.2, 0.25) is 0 Å². The number of rotatable bonds is 3. The van der Waals surface area contributed by atoms with E-state index in [1.165, 1.54) is 19.2 Å². The minimum absolute atomic E-state index is 0.141. The summed E-state index contributed by atoms with van der Waals surface area (Å²) in [5.41, 5.74) is -0.126. The van der Waals surface area contributed by atoms with Gasteiger partial charge >= 0.3 is 0 Å². The number of nitrogens with zero attached hydrogens (tertiary/aromatic N) is 2. The molecule has 6 nitrogen and oxygen atoms in total. The molecule has 2 N–H and O–H groups in total. The van der Waals surface area contributed by atoms with Crippen LogP contribution in [0.5, 0.6) is 0 Å². The summed E-state index contributed by atoms with van der Waals surface area (Å²) in [5.74, 6) is -0.410. The fourth-order valence-electron chi connectivity index (χ4n) is 0.967. The summed E-state index contributed by atoms with van der Waals surface area (Å²) >= 11 is 0. The van der Waals surface area contributed by atoms with E-state index in [4.69, 9.17) is 5.11 Å². The van der Waals surface area contributed by atoms with Crippen LogP contribution < -0.4 is 10.9 Å². The Morgan fingerprint density at radius 2 is 2.33 bits per heavy atom. The van der Waals surface area contributed by atoms with Gasteiger partial charge < -0.3 is 10.4 Å². The molecule has 1 heterocycles. The lowest BCUT2D eigenvalue weighted by Crippen LogP contribution is -2.36. The molecular weight excluding hydrogens is 198 g/mol. The van der Waals surface area contributed by atoms with Crippen molar-refractivity contribution in [2.75, 3.05) is 6.61 Å². The number of aliphatic hydroxyl groups excluding tert-OH is 1. The van der Waals surface area contributed by atoms with Crippen LogP contribution in [0.1, 0.15) is 17.4 Å². The summed E-state index contributed by atoms with van der Waals surface area (Å²) in [4.78, 5) is 22.5. The van der Waals surface area contributed by atoms with Crippen LogP contribution in [0.3, 0.4) is 0 Å². The van der Waals surface area contributed by atoms with Gasteiger partial charge in [-0.2, -0.15) is 5.10 Å². The third-order valence-corrected chi connectivity index (χ3v) is 1.84. The highest BCUT2D eigenvalue weighted by molar-refractivity contribution is 5.92. The van der Waals surface area contributed by atoms with Crippen LogP contribution in [-0.4, -0.2) is 33.4 Å². The van der Waals surface area contributed by atoms with Crippen LogP contribution >= 0.6 is 0 Å². The fraction of sp³-hybridized carbons (Fsp3) is 0.444. The van der Waals surface area contributed by atoms with Crippen LogP contribution in [0.15, 0.2) is 16.9 Å². The monoisotopic (exact) mass is 211 g/mol. The van der Waals surface area contributed by atoms with Gasteiger partial charge in [-0.15, -0.1) is 0 Å². The van der Waals surface area contributed by atoms with Gasteiger partial charge in [0.05, 0.1) is 6.61 Å². The molecule has 1 aromatic rings. The van der Waals surface area contributed by atoms with Crippen molar-refractivity contribution in [2.45, 2.75) is 13.0 Å². The van der Waals surface area contributed by atoms with E-state index in [2.05, 4.69) is 10.4 Å². The third-order valence-electron chi connectivity index (χ3n) is 1.84. The predicted molar refractivity (Wildman–Crippen MR) is 53.5 cm³/mol. The number of aromatic nitrogens is 2. The van der Waals surface area contributed by atoms with Gasteiger partial charge in [-0.3, -0.25) is 9.59 Å². The maximum atomic E-state index is 11.5. The first-order valence-electron chi connectivity index (χ1n) is 4.50. The Kier molecular flexibility index (Phi) is 3.56. The van der Waals surface area contributed by atoms with Gasteiger partial charge in [0.1, 0.15) is 5.69 Å². The zero-order valence-corrected chi connectivity index (χ0v) is 8.60. The Morgan fingerprint density at radius 1 is 1.67 bits per heavy atom. The van der Waals surface area contributed by atoms with Crippen molar-refractivity contribution in [2.24, 2.45) is 7.05 Å². The van der Waals surface area contributed by atoms with E-state index in [-0.39, 0.29) is 23.9 Å². The van der Waals surface area contributed by atoms with E-state index in [9.17, 15) is 9.59 Å². The van der Waals surface area contributed by atoms with E-state index in [0.29, 0.717) is 0 Å². The first kappa shape index (κ1) is 11.4. The summed E-state index contributed by atoms with van der Waals surface area (Å²) in [5, 5.41) is 15.0. The number of hydrogen-bond donors (Lipinski definition) is 2. The topological polar surface area (TPSA) is 84.2 Å². The second kappa shape index (κ2) is 4.70. The number of amides is 1. The highest BCUT2D eigenvalue weighted by atomic mass is 16.3. The molecule has 0 aromatic carbocycles. The molecule has 0 aliphatic carbocycles. The van der Waals surface area contributed by atoms with Crippen LogP contribution in [0, 0.1) is 0 Å². The average molecular weight is 211 g/mol. The van der Waals surface area contributed by atoms with Crippen molar-refractivity contribution in [3.05, 3.63) is 28.2 Å². The Bertz CT molecular complexity index is 413.